The fourth-order valence-corrected chi connectivity index (χ4v) is 0. The molecular weight excluding hydrogens is 102 g/mol. The van der Waals surface area contributed by atoms with Crippen LogP contribution in [0.1, 0.15) is 9.78 Å². The summed E-state index contributed by atoms with van der Waals surface area (Å²) in [5.41, 5.74) is 0. The molecule has 0 saturated heterocycles. The van der Waals surface area contributed by atoms with Crippen LogP contribution in [-0.4, -0.2) is 11.8 Å². The van der Waals surface area contributed by atoms with Crippen LogP contribution in [0.3, 0.4) is 0 Å². The van der Waals surface area contributed by atoms with Gasteiger partial charge in [0.25, 0.3) is 0 Å². The molecule has 0 aromatic carbocycles. The van der Waals surface area contributed by atoms with E-state index in [-0.39, 0.29) is 67.4 Å². The van der Waals surface area contributed by atoms with Gasteiger partial charge in [-0.2, -0.15) is 0 Å². The fourth-order valence-electron chi connectivity index (χ4n) is 0. The smallest absolute Gasteiger partial charge is 1.00 e. The summed E-state index contributed by atoms with van der Waals surface area (Å²) >= 11 is 0. The Kier molecular flexibility index (Phi) is 129. The molecule has 0 rings (SSSR count). The third kappa shape index (κ3) is 45.4. The molecule has 0 radical (unpaired) electrons. The van der Waals surface area contributed by atoms with E-state index in [0.29, 0.717) is 0 Å². The van der Waals surface area contributed by atoms with E-state index in [1.54, 1.807) is 0 Å². The molecule has 0 heterocycles. The van der Waals surface area contributed by atoms with E-state index in [1.165, 1.54) is 6.92 Å². The topological polar surface area (TPSA) is 48.6 Å². The Hall–Kier alpha value is 1.63. The van der Waals surface area contributed by atoms with Gasteiger partial charge in [-0.1, -0.05) is 0 Å². The van der Waals surface area contributed by atoms with Crippen LogP contribution in [0.5, 0.6) is 0 Å². The first-order valence-corrected chi connectivity index (χ1v) is 0.813. The van der Waals surface area contributed by atoms with E-state index in [2.05, 4.69) is 0 Å². The van der Waals surface area contributed by atoms with Gasteiger partial charge in [-0.25, -0.2) is 0 Å². The quantitative estimate of drug-likeness (QED) is 0.226. The number of carbonyl (C=O) groups excluding carboxylic acids is 1. The molecule has 0 aromatic rings. The van der Waals surface area contributed by atoms with Gasteiger partial charge in [-0.15, -0.1) is 0 Å². The number of hydrogen-bond acceptors (Lipinski definition) is 1. The molecule has 30 valence electrons. The van der Waals surface area contributed by atoms with E-state index in [1.807, 2.05) is 0 Å². The van der Waals surface area contributed by atoms with Gasteiger partial charge in [0.15, 0.2) is 0 Å². The van der Waals surface area contributed by atoms with Crippen LogP contribution >= 0.6 is 0 Å². The van der Waals surface area contributed by atoms with Gasteiger partial charge >= 0.3 is 59.1 Å². The Balaban J connectivity index is -0.00000000200. The minimum absolute atomic E-state index is 0. The molecule has 0 aliphatic carbocycles. The van der Waals surface area contributed by atoms with Crippen molar-refractivity contribution < 1.29 is 72.2 Å². The molecule has 0 amide bonds. The molecule has 0 spiro atoms. The zero-order valence-electron chi connectivity index (χ0n) is 6.49. The van der Waals surface area contributed by atoms with Crippen LogP contribution in [0.2, 0.25) is 0 Å². The summed E-state index contributed by atoms with van der Waals surface area (Å²) < 4.78 is 0. The first-order valence-electron chi connectivity index (χ1n) is 0.813. The van der Waals surface area contributed by atoms with Crippen LogP contribution in [-0.2, 0) is 4.79 Å². The second-order valence-electron chi connectivity index (χ2n) is 0.236. The van der Waals surface area contributed by atoms with Crippen LogP contribution in [0.4, 0.5) is 0 Å². The zero-order valence-corrected chi connectivity index (χ0v) is 8.49. The summed E-state index contributed by atoms with van der Waals surface area (Å²) in [7, 11) is 0. The van der Waals surface area contributed by atoms with Crippen molar-refractivity contribution in [2.24, 2.45) is 0 Å². The number of rotatable bonds is 0. The maximum atomic E-state index is 8.81. The van der Waals surface area contributed by atoms with Crippen molar-refractivity contribution in [3.63, 3.8) is 0 Å². The van der Waals surface area contributed by atoms with Crippen molar-refractivity contribution in [2.75, 3.05) is 0 Å². The normalized spacial score (nSPS) is 2.17. The Labute approximate surface area is 84.5 Å². The van der Waals surface area contributed by atoms with Crippen molar-refractivity contribution in [1.29, 1.82) is 0 Å². The van der Waals surface area contributed by atoms with Crippen molar-refractivity contribution in [2.45, 2.75) is 6.92 Å². The van der Waals surface area contributed by atoms with Crippen LogP contribution < -0.4 is 59.1 Å². The molecule has 0 saturated carbocycles. The van der Waals surface area contributed by atoms with Crippen LogP contribution in [0, 0.1) is 0 Å². The number of carbonyl (C=O) groups is 1. The predicted molar refractivity (Wildman–Crippen MR) is 17.6 cm³/mol. The van der Waals surface area contributed by atoms with Gasteiger partial charge in [-0.3, -0.25) is 0 Å². The standard InChI is InChI=1S/C2H4O.2Na.H2O.2H/c1-2-3;;;;;/h2H,1H3;;;1H2;;/q;2*+1;;2*-1. The maximum Gasteiger partial charge on any atom is 1.00 e. The average molecular weight is 110 g/mol. The van der Waals surface area contributed by atoms with Gasteiger partial charge in [0.2, 0.25) is 0 Å². The Bertz CT molecular complexity index is 23.5. The van der Waals surface area contributed by atoms with E-state index in [0.717, 1.165) is 6.29 Å². The molecule has 0 unspecified atom stereocenters. The summed E-state index contributed by atoms with van der Waals surface area (Å²) in [4.78, 5) is 8.81. The van der Waals surface area contributed by atoms with Gasteiger partial charge in [0, 0.05) is 0 Å². The molecule has 6 heavy (non-hydrogen) atoms. The molecule has 0 fully saturated rings. The molecule has 4 heteroatoms. The SMILES string of the molecule is CC=O.O.[H-].[H-].[Na+].[Na+]. The molecule has 0 aliphatic rings. The first-order chi connectivity index (χ1) is 1.41. The molecule has 2 nitrogen and oxygen atoms in total. The molecular formula is C2H8Na2O2. The van der Waals surface area contributed by atoms with Gasteiger partial charge < -0.3 is 13.1 Å². The van der Waals surface area contributed by atoms with Gasteiger partial charge in [0.1, 0.15) is 6.29 Å². The van der Waals surface area contributed by atoms with Crippen molar-refractivity contribution in [3.8, 4) is 0 Å². The summed E-state index contributed by atoms with van der Waals surface area (Å²) in [6.07, 6.45) is 0.750. The molecule has 0 aliphatic heterocycles. The summed E-state index contributed by atoms with van der Waals surface area (Å²) in [6.45, 7) is 1.44. The Morgan fingerprint density at radius 3 is 1.50 bits per heavy atom. The van der Waals surface area contributed by atoms with Crippen molar-refractivity contribution in [1.82, 2.24) is 0 Å². The van der Waals surface area contributed by atoms with Crippen LogP contribution in [0.15, 0.2) is 0 Å². The van der Waals surface area contributed by atoms with Crippen molar-refractivity contribution >= 4 is 6.29 Å². The van der Waals surface area contributed by atoms with Crippen LogP contribution in [0.25, 0.3) is 0 Å². The Morgan fingerprint density at radius 2 is 1.50 bits per heavy atom. The molecule has 0 aromatic heterocycles. The maximum absolute atomic E-state index is 8.81. The second kappa shape index (κ2) is 30.4. The van der Waals surface area contributed by atoms with E-state index in [4.69, 9.17) is 4.79 Å². The fraction of sp³-hybridized carbons (Fsp3) is 0.500. The van der Waals surface area contributed by atoms with E-state index in [9.17, 15) is 0 Å². The number of aldehydes is 1. The monoisotopic (exact) mass is 110 g/mol. The summed E-state index contributed by atoms with van der Waals surface area (Å²) in [5, 5.41) is 0. The third-order valence-electron chi connectivity index (χ3n) is 0. The largest absolute Gasteiger partial charge is 1.00 e. The summed E-state index contributed by atoms with van der Waals surface area (Å²) in [6, 6.07) is 0. The summed E-state index contributed by atoms with van der Waals surface area (Å²) in [5.74, 6) is 0. The Morgan fingerprint density at radius 1 is 1.50 bits per heavy atom. The minimum atomic E-state index is 0. The molecule has 0 atom stereocenters. The molecule has 2 N–H and O–H groups in total. The first kappa shape index (κ1) is 25.5. The molecule has 0 bridgehead atoms. The number of hydrogen-bond donors (Lipinski definition) is 0. The predicted octanol–water partition coefficient (Wildman–Crippen LogP) is -6.39. The average Bonchev–Trinajstić information content (AvgIpc) is 0.918. The van der Waals surface area contributed by atoms with E-state index < -0.39 is 0 Å². The minimum Gasteiger partial charge on any atom is -1.00 e. The third-order valence-corrected chi connectivity index (χ3v) is 0. The van der Waals surface area contributed by atoms with Gasteiger partial charge in [0.05, 0.1) is 0 Å². The zero-order chi connectivity index (χ0) is 2.71. The van der Waals surface area contributed by atoms with E-state index >= 15 is 0 Å². The second-order valence-corrected chi connectivity index (χ2v) is 0.236. The van der Waals surface area contributed by atoms with Gasteiger partial charge in [-0.05, 0) is 6.92 Å². The van der Waals surface area contributed by atoms with Crippen molar-refractivity contribution in [3.05, 3.63) is 0 Å².